The molecule has 0 aliphatic carbocycles. The Hall–Kier alpha value is -1.04. The van der Waals surface area contributed by atoms with E-state index in [2.05, 4.69) is 5.32 Å². The maximum Gasteiger partial charge on any atom is 0.241 e. The molecule has 0 bridgehead atoms. The first-order valence-electron chi connectivity index (χ1n) is 5.85. The zero-order valence-corrected chi connectivity index (χ0v) is 11.8. The number of nitrogens with one attached hydrogen (secondary N) is 1. The second kappa shape index (κ2) is 7.41. The molecular formula is C13H20N2O2S. The number of carbonyl (C=O) groups excluding carboxylic acids is 1. The van der Waals surface area contributed by atoms with Crippen molar-refractivity contribution in [1.29, 1.82) is 0 Å². The monoisotopic (exact) mass is 268 g/mol. The third kappa shape index (κ3) is 4.01. The first kappa shape index (κ1) is 15.0. The van der Waals surface area contributed by atoms with Gasteiger partial charge < -0.3 is 10.4 Å². The van der Waals surface area contributed by atoms with Crippen LogP contribution in [0.2, 0.25) is 0 Å². The topological polar surface area (TPSA) is 52.6 Å². The highest BCUT2D eigenvalue weighted by molar-refractivity contribution is 7.98. The highest BCUT2D eigenvalue weighted by Crippen LogP contribution is 2.24. The normalized spacial score (nSPS) is 12.5. The number of hydrogen-bond donors (Lipinski definition) is 2. The zero-order valence-electron chi connectivity index (χ0n) is 11.0. The molecule has 1 unspecified atom stereocenters. The Morgan fingerprint density at radius 2 is 2.17 bits per heavy atom. The fourth-order valence-corrected chi connectivity index (χ4v) is 2.09. The Bertz CT molecular complexity index is 398. The van der Waals surface area contributed by atoms with E-state index in [-0.39, 0.29) is 18.6 Å². The molecule has 0 aromatic heterocycles. The smallest absolute Gasteiger partial charge is 0.241 e. The predicted octanol–water partition coefficient (Wildman–Crippen LogP) is 1.66. The maximum absolute atomic E-state index is 12.1. The number of aliphatic hydroxyl groups excluding tert-OH is 1. The van der Waals surface area contributed by atoms with Crippen LogP contribution in [0, 0.1) is 0 Å². The zero-order chi connectivity index (χ0) is 13.5. The minimum Gasteiger partial charge on any atom is -0.395 e. The lowest BCUT2D eigenvalue weighted by molar-refractivity contribution is -0.120. The molecule has 0 saturated carbocycles. The van der Waals surface area contributed by atoms with Gasteiger partial charge >= 0.3 is 0 Å². The number of likely N-dealkylation sites (N-methyl/N-ethyl adjacent to an activating group) is 1. The maximum atomic E-state index is 12.1. The van der Waals surface area contributed by atoms with Gasteiger partial charge in [-0.3, -0.25) is 9.69 Å². The molecule has 1 rings (SSSR count). The standard InChI is InChI=1S/C13H20N2O2S/c1-10(15(2)8-9-16)13(17)14-11-6-4-5-7-12(11)18-3/h4-7,10,16H,8-9H2,1-3H3,(H,14,17). The van der Waals surface area contributed by atoms with Crippen molar-refractivity contribution in [2.75, 3.05) is 31.8 Å². The van der Waals surface area contributed by atoms with E-state index in [1.165, 1.54) is 0 Å². The van der Waals surface area contributed by atoms with Crippen molar-refractivity contribution < 1.29 is 9.90 Å². The number of anilines is 1. The summed E-state index contributed by atoms with van der Waals surface area (Å²) in [5, 5.41) is 11.8. The lowest BCUT2D eigenvalue weighted by atomic mass is 10.2. The minimum atomic E-state index is -0.271. The number of para-hydroxylation sites is 1. The number of nitrogens with zero attached hydrogens (tertiary/aromatic N) is 1. The highest BCUT2D eigenvalue weighted by Gasteiger charge is 2.18. The van der Waals surface area contributed by atoms with Crippen LogP contribution in [0.1, 0.15) is 6.92 Å². The van der Waals surface area contributed by atoms with Crippen molar-refractivity contribution in [3.8, 4) is 0 Å². The molecule has 0 fully saturated rings. The molecule has 1 aromatic carbocycles. The van der Waals surface area contributed by atoms with Gasteiger partial charge in [0.15, 0.2) is 0 Å². The van der Waals surface area contributed by atoms with Crippen LogP contribution in [0.25, 0.3) is 0 Å². The van der Waals surface area contributed by atoms with Crippen LogP contribution >= 0.6 is 11.8 Å². The largest absolute Gasteiger partial charge is 0.395 e. The SMILES string of the molecule is CSc1ccccc1NC(=O)C(C)N(C)CCO. The molecule has 4 nitrogen and oxygen atoms in total. The Kier molecular flexibility index (Phi) is 6.18. The Labute approximate surface area is 112 Å². The van der Waals surface area contributed by atoms with Crippen molar-refractivity contribution in [3.05, 3.63) is 24.3 Å². The number of carbonyl (C=O) groups is 1. The molecule has 0 aliphatic rings. The van der Waals surface area contributed by atoms with E-state index in [1.807, 2.05) is 49.4 Å². The summed E-state index contributed by atoms with van der Waals surface area (Å²) >= 11 is 1.60. The van der Waals surface area contributed by atoms with E-state index in [9.17, 15) is 4.79 Å². The van der Waals surface area contributed by atoms with Gasteiger partial charge in [-0.1, -0.05) is 12.1 Å². The van der Waals surface area contributed by atoms with Crippen molar-refractivity contribution in [2.24, 2.45) is 0 Å². The summed E-state index contributed by atoms with van der Waals surface area (Å²) in [7, 11) is 1.82. The molecule has 0 heterocycles. The van der Waals surface area contributed by atoms with Gasteiger partial charge in [0.25, 0.3) is 0 Å². The number of aliphatic hydroxyl groups is 1. The van der Waals surface area contributed by atoms with E-state index >= 15 is 0 Å². The summed E-state index contributed by atoms with van der Waals surface area (Å²) in [4.78, 5) is 14.9. The van der Waals surface area contributed by atoms with Crippen molar-refractivity contribution >= 4 is 23.4 Å². The second-order valence-corrected chi connectivity index (χ2v) is 4.92. The van der Waals surface area contributed by atoms with Crippen molar-refractivity contribution in [3.63, 3.8) is 0 Å². The highest BCUT2D eigenvalue weighted by atomic mass is 32.2. The fourth-order valence-electron chi connectivity index (χ4n) is 1.54. The summed E-state index contributed by atoms with van der Waals surface area (Å²) in [6.45, 7) is 2.36. The molecule has 5 heteroatoms. The summed E-state index contributed by atoms with van der Waals surface area (Å²) in [6, 6.07) is 7.44. The molecule has 0 spiro atoms. The lowest BCUT2D eigenvalue weighted by Crippen LogP contribution is -2.40. The second-order valence-electron chi connectivity index (χ2n) is 4.07. The summed E-state index contributed by atoms with van der Waals surface area (Å²) in [5.74, 6) is -0.0625. The van der Waals surface area contributed by atoms with Gasteiger partial charge in [-0.2, -0.15) is 0 Å². The van der Waals surface area contributed by atoms with Gasteiger partial charge in [0.2, 0.25) is 5.91 Å². The molecule has 0 aliphatic heterocycles. The number of hydrogen-bond acceptors (Lipinski definition) is 4. The van der Waals surface area contributed by atoms with Gasteiger partial charge in [0.1, 0.15) is 0 Å². The Balaban J connectivity index is 2.69. The molecular weight excluding hydrogens is 248 g/mol. The molecule has 1 amide bonds. The Morgan fingerprint density at radius 3 is 2.78 bits per heavy atom. The first-order valence-corrected chi connectivity index (χ1v) is 7.07. The van der Waals surface area contributed by atoms with E-state index < -0.39 is 0 Å². The van der Waals surface area contributed by atoms with Crippen molar-refractivity contribution in [2.45, 2.75) is 17.9 Å². The number of amides is 1. The van der Waals surface area contributed by atoms with Crippen LogP contribution in [0.15, 0.2) is 29.2 Å². The van der Waals surface area contributed by atoms with Crippen LogP contribution in [0.4, 0.5) is 5.69 Å². The third-order valence-corrected chi connectivity index (χ3v) is 3.65. The minimum absolute atomic E-state index is 0.0511. The van der Waals surface area contributed by atoms with Gasteiger partial charge in [-0.15, -0.1) is 11.8 Å². The first-order chi connectivity index (χ1) is 8.60. The predicted molar refractivity (Wildman–Crippen MR) is 76.0 cm³/mol. The molecule has 1 atom stereocenters. The fraction of sp³-hybridized carbons (Fsp3) is 0.462. The average Bonchev–Trinajstić information content (AvgIpc) is 2.38. The van der Waals surface area contributed by atoms with Crippen LogP contribution in [-0.4, -0.2) is 48.4 Å². The number of thioether (sulfide) groups is 1. The molecule has 18 heavy (non-hydrogen) atoms. The van der Waals surface area contributed by atoms with Crippen LogP contribution in [0.5, 0.6) is 0 Å². The molecule has 1 aromatic rings. The summed E-state index contributed by atoms with van der Waals surface area (Å²) in [6.07, 6.45) is 1.98. The summed E-state index contributed by atoms with van der Waals surface area (Å²) < 4.78 is 0. The molecule has 100 valence electrons. The van der Waals surface area contributed by atoms with Gasteiger partial charge in [0.05, 0.1) is 18.3 Å². The van der Waals surface area contributed by atoms with Crippen LogP contribution in [-0.2, 0) is 4.79 Å². The number of rotatable bonds is 6. The van der Waals surface area contributed by atoms with Gasteiger partial charge in [-0.05, 0) is 32.4 Å². The van der Waals surface area contributed by atoms with Crippen LogP contribution in [0.3, 0.4) is 0 Å². The van der Waals surface area contributed by atoms with E-state index in [0.29, 0.717) is 6.54 Å². The average molecular weight is 268 g/mol. The third-order valence-electron chi connectivity index (χ3n) is 2.86. The van der Waals surface area contributed by atoms with Gasteiger partial charge in [-0.25, -0.2) is 0 Å². The van der Waals surface area contributed by atoms with Gasteiger partial charge in [0, 0.05) is 11.4 Å². The van der Waals surface area contributed by atoms with E-state index in [0.717, 1.165) is 10.6 Å². The Morgan fingerprint density at radius 1 is 1.50 bits per heavy atom. The molecule has 2 N–H and O–H groups in total. The van der Waals surface area contributed by atoms with Crippen LogP contribution < -0.4 is 5.32 Å². The lowest BCUT2D eigenvalue weighted by Gasteiger charge is -2.23. The molecule has 0 saturated heterocycles. The molecule has 0 radical (unpaired) electrons. The quantitative estimate of drug-likeness (QED) is 0.771. The van der Waals surface area contributed by atoms with Crippen molar-refractivity contribution in [1.82, 2.24) is 4.90 Å². The summed E-state index contributed by atoms with van der Waals surface area (Å²) in [5.41, 5.74) is 0.833. The van der Waals surface area contributed by atoms with E-state index in [1.54, 1.807) is 11.8 Å². The number of benzene rings is 1. The van der Waals surface area contributed by atoms with E-state index in [4.69, 9.17) is 5.11 Å².